The third-order valence-corrected chi connectivity index (χ3v) is 2.85. The van der Waals surface area contributed by atoms with Gasteiger partial charge < -0.3 is 18.9 Å². The van der Waals surface area contributed by atoms with Gasteiger partial charge in [-0.2, -0.15) is 0 Å². The summed E-state index contributed by atoms with van der Waals surface area (Å²) >= 11 is 0. The van der Waals surface area contributed by atoms with Gasteiger partial charge in [-0.1, -0.05) is 30.3 Å². The zero-order valence-corrected chi connectivity index (χ0v) is 11.6. The van der Waals surface area contributed by atoms with Crippen molar-refractivity contribution in [3.8, 4) is 0 Å². The molecule has 1 aromatic carbocycles. The second kappa shape index (κ2) is 7.01. The smallest absolute Gasteiger partial charge is 0.163 e. The van der Waals surface area contributed by atoms with E-state index in [4.69, 9.17) is 18.9 Å². The Morgan fingerprint density at radius 3 is 2.58 bits per heavy atom. The first kappa shape index (κ1) is 14.5. The Morgan fingerprint density at radius 1 is 1.16 bits per heavy atom. The van der Waals surface area contributed by atoms with Gasteiger partial charge in [-0.25, -0.2) is 0 Å². The topological polar surface area (TPSA) is 36.9 Å². The first-order valence-electron chi connectivity index (χ1n) is 6.67. The lowest BCUT2D eigenvalue weighted by atomic mass is 10.2. The average Bonchev–Trinajstić information content (AvgIpc) is 2.74. The fourth-order valence-electron chi connectivity index (χ4n) is 1.94. The van der Waals surface area contributed by atoms with Crippen LogP contribution in [0.5, 0.6) is 0 Å². The van der Waals surface area contributed by atoms with Gasteiger partial charge in [-0.3, -0.25) is 0 Å². The molecule has 0 aromatic heterocycles. The monoisotopic (exact) mass is 266 g/mol. The summed E-state index contributed by atoms with van der Waals surface area (Å²) in [5.41, 5.74) is 1.18. The molecule has 0 aliphatic carbocycles. The highest BCUT2D eigenvalue weighted by Gasteiger charge is 2.32. The van der Waals surface area contributed by atoms with Gasteiger partial charge in [0.1, 0.15) is 6.10 Å². The van der Waals surface area contributed by atoms with Gasteiger partial charge in [0.05, 0.1) is 33.0 Å². The summed E-state index contributed by atoms with van der Waals surface area (Å²) in [5.74, 6) is -0.474. The molecule has 1 aliphatic heterocycles. The molecule has 0 bridgehead atoms. The summed E-state index contributed by atoms with van der Waals surface area (Å²) in [6.45, 7) is 6.77. The summed E-state index contributed by atoms with van der Waals surface area (Å²) in [6, 6.07) is 10.1. The van der Waals surface area contributed by atoms with Crippen LogP contribution in [0.1, 0.15) is 19.4 Å². The fourth-order valence-corrected chi connectivity index (χ4v) is 1.94. The molecule has 2 rings (SSSR count). The van der Waals surface area contributed by atoms with Crippen LogP contribution >= 0.6 is 0 Å². The highest BCUT2D eigenvalue weighted by molar-refractivity contribution is 5.13. The summed E-state index contributed by atoms with van der Waals surface area (Å²) in [7, 11) is 0. The SMILES string of the molecule is CC1(C)OC[C@@H](COCCOCc2ccccc2)O1. The number of benzene rings is 1. The summed E-state index contributed by atoms with van der Waals surface area (Å²) in [6.07, 6.45) is 0.0316. The predicted molar refractivity (Wildman–Crippen MR) is 71.8 cm³/mol. The molecule has 19 heavy (non-hydrogen) atoms. The number of rotatable bonds is 7. The van der Waals surface area contributed by atoms with E-state index < -0.39 is 5.79 Å². The molecule has 4 heteroatoms. The van der Waals surface area contributed by atoms with Gasteiger partial charge >= 0.3 is 0 Å². The van der Waals surface area contributed by atoms with Crippen LogP contribution < -0.4 is 0 Å². The zero-order valence-electron chi connectivity index (χ0n) is 11.6. The van der Waals surface area contributed by atoms with E-state index in [1.165, 1.54) is 5.56 Å². The van der Waals surface area contributed by atoms with Crippen LogP contribution in [0, 0.1) is 0 Å². The maximum atomic E-state index is 5.64. The van der Waals surface area contributed by atoms with Gasteiger partial charge in [0.2, 0.25) is 0 Å². The van der Waals surface area contributed by atoms with Crippen molar-refractivity contribution in [2.75, 3.05) is 26.4 Å². The van der Waals surface area contributed by atoms with Crippen molar-refractivity contribution in [3.63, 3.8) is 0 Å². The Bertz CT molecular complexity index is 364. The Kier molecular flexibility index (Phi) is 5.34. The van der Waals surface area contributed by atoms with E-state index in [0.29, 0.717) is 33.0 Å². The second-order valence-corrected chi connectivity index (χ2v) is 5.06. The summed E-state index contributed by atoms with van der Waals surface area (Å²) in [5, 5.41) is 0. The molecule has 0 spiro atoms. The van der Waals surface area contributed by atoms with E-state index in [9.17, 15) is 0 Å². The van der Waals surface area contributed by atoms with E-state index in [1.807, 2.05) is 44.2 Å². The lowest BCUT2D eigenvalue weighted by Crippen LogP contribution is -2.24. The molecule has 1 aromatic rings. The van der Waals surface area contributed by atoms with E-state index >= 15 is 0 Å². The Hall–Kier alpha value is -0.940. The molecule has 0 unspecified atom stereocenters. The molecule has 4 nitrogen and oxygen atoms in total. The average molecular weight is 266 g/mol. The molecular weight excluding hydrogens is 244 g/mol. The lowest BCUT2D eigenvalue weighted by Gasteiger charge is -2.17. The maximum Gasteiger partial charge on any atom is 0.163 e. The van der Waals surface area contributed by atoms with Gasteiger partial charge in [0.15, 0.2) is 5.79 Å². The van der Waals surface area contributed by atoms with Crippen molar-refractivity contribution in [1.82, 2.24) is 0 Å². The Morgan fingerprint density at radius 2 is 1.89 bits per heavy atom. The quantitative estimate of drug-likeness (QED) is 0.710. The number of hydrogen-bond acceptors (Lipinski definition) is 4. The molecule has 1 aliphatic rings. The number of ether oxygens (including phenoxy) is 4. The molecular formula is C15H22O4. The second-order valence-electron chi connectivity index (χ2n) is 5.06. The van der Waals surface area contributed by atoms with Gasteiger partial charge in [0, 0.05) is 0 Å². The maximum absolute atomic E-state index is 5.64. The van der Waals surface area contributed by atoms with Crippen molar-refractivity contribution in [2.24, 2.45) is 0 Å². The van der Waals surface area contributed by atoms with Crippen LogP contribution in [0.15, 0.2) is 30.3 Å². The highest BCUT2D eigenvalue weighted by Crippen LogP contribution is 2.22. The molecule has 106 valence electrons. The largest absolute Gasteiger partial charge is 0.376 e. The first-order chi connectivity index (χ1) is 9.16. The molecule has 0 N–H and O–H groups in total. The van der Waals surface area contributed by atoms with Crippen molar-refractivity contribution < 1.29 is 18.9 Å². The van der Waals surface area contributed by atoms with Crippen LogP contribution in [-0.2, 0) is 25.6 Å². The van der Waals surface area contributed by atoms with Gasteiger partial charge in [0.25, 0.3) is 0 Å². The molecule has 1 heterocycles. The molecule has 0 radical (unpaired) electrons. The zero-order chi connectivity index (χ0) is 13.6. The van der Waals surface area contributed by atoms with Crippen LogP contribution in [0.4, 0.5) is 0 Å². The standard InChI is InChI=1S/C15H22O4/c1-15(2)18-12-14(19-15)11-17-9-8-16-10-13-6-4-3-5-7-13/h3-7,14H,8-12H2,1-2H3/t14-/m1/s1. The highest BCUT2D eigenvalue weighted by atomic mass is 16.7. The van der Waals surface area contributed by atoms with Crippen LogP contribution in [0.2, 0.25) is 0 Å². The van der Waals surface area contributed by atoms with Crippen molar-refractivity contribution in [2.45, 2.75) is 32.3 Å². The minimum atomic E-state index is -0.474. The first-order valence-corrected chi connectivity index (χ1v) is 6.67. The molecule has 1 fully saturated rings. The summed E-state index contributed by atoms with van der Waals surface area (Å²) in [4.78, 5) is 0. The van der Waals surface area contributed by atoms with Gasteiger partial charge in [-0.05, 0) is 19.4 Å². The molecule has 0 saturated carbocycles. The normalized spacial score (nSPS) is 21.7. The van der Waals surface area contributed by atoms with Crippen LogP contribution in [0.3, 0.4) is 0 Å². The van der Waals surface area contributed by atoms with E-state index in [0.717, 1.165) is 0 Å². The molecule has 0 amide bonds. The van der Waals surface area contributed by atoms with E-state index in [2.05, 4.69) is 0 Å². The molecule has 1 saturated heterocycles. The van der Waals surface area contributed by atoms with E-state index in [-0.39, 0.29) is 6.10 Å². The Labute approximate surface area is 114 Å². The predicted octanol–water partition coefficient (Wildman–Crippen LogP) is 2.37. The minimum absolute atomic E-state index is 0.0316. The lowest BCUT2D eigenvalue weighted by molar-refractivity contribution is -0.145. The summed E-state index contributed by atoms with van der Waals surface area (Å²) < 4.78 is 22.1. The van der Waals surface area contributed by atoms with Crippen molar-refractivity contribution >= 4 is 0 Å². The Balaban J connectivity index is 1.49. The third kappa shape index (κ3) is 5.28. The van der Waals surface area contributed by atoms with Crippen molar-refractivity contribution in [1.29, 1.82) is 0 Å². The van der Waals surface area contributed by atoms with Crippen LogP contribution in [0.25, 0.3) is 0 Å². The number of hydrogen-bond donors (Lipinski definition) is 0. The minimum Gasteiger partial charge on any atom is -0.376 e. The van der Waals surface area contributed by atoms with Crippen LogP contribution in [-0.4, -0.2) is 38.3 Å². The van der Waals surface area contributed by atoms with Crippen molar-refractivity contribution in [3.05, 3.63) is 35.9 Å². The van der Waals surface area contributed by atoms with Gasteiger partial charge in [-0.15, -0.1) is 0 Å². The molecule has 1 atom stereocenters. The fraction of sp³-hybridized carbons (Fsp3) is 0.600. The van der Waals surface area contributed by atoms with E-state index in [1.54, 1.807) is 0 Å². The third-order valence-electron chi connectivity index (χ3n) is 2.85.